The molecule has 0 saturated carbocycles. The molecule has 78 valence electrons. The van der Waals surface area contributed by atoms with E-state index in [1.54, 1.807) is 0 Å². The summed E-state index contributed by atoms with van der Waals surface area (Å²) in [6, 6.07) is 1.92. The van der Waals surface area contributed by atoms with Gasteiger partial charge in [-0.2, -0.15) is 5.10 Å². The van der Waals surface area contributed by atoms with Gasteiger partial charge in [0.2, 0.25) is 0 Å². The lowest BCUT2D eigenvalue weighted by atomic mass is 10.1. The first-order valence-corrected chi connectivity index (χ1v) is 5.37. The number of hydrogen-bond donors (Lipinski definition) is 2. The highest BCUT2D eigenvalue weighted by atomic mass is 15.2. The lowest BCUT2D eigenvalue weighted by molar-refractivity contribution is 0.231. The fourth-order valence-electron chi connectivity index (χ4n) is 1.97. The molecular formula is C10H18N4. The predicted molar refractivity (Wildman–Crippen MR) is 57.0 cm³/mol. The Morgan fingerprint density at radius 3 is 2.79 bits per heavy atom. The van der Waals surface area contributed by atoms with E-state index in [0.717, 1.165) is 18.7 Å². The summed E-state index contributed by atoms with van der Waals surface area (Å²) >= 11 is 0. The van der Waals surface area contributed by atoms with Crippen molar-refractivity contribution < 1.29 is 0 Å². The highest BCUT2D eigenvalue weighted by Crippen LogP contribution is 2.09. The van der Waals surface area contributed by atoms with Crippen molar-refractivity contribution in [3.05, 3.63) is 11.8 Å². The Morgan fingerprint density at radius 1 is 1.36 bits per heavy atom. The molecule has 4 nitrogen and oxygen atoms in total. The molecule has 2 rings (SSSR count). The van der Waals surface area contributed by atoms with Gasteiger partial charge < -0.3 is 10.6 Å². The van der Waals surface area contributed by atoms with E-state index in [1.807, 2.05) is 6.07 Å². The first-order chi connectivity index (χ1) is 6.84. The van der Waals surface area contributed by atoms with E-state index in [1.165, 1.54) is 32.4 Å². The van der Waals surface area contributed by atoms with Crippen LogP contribution in [0.5, 0.6) is 0 Å². The van der Waals surface area contributed by atoms with E-state index in [-0.39, 0.29) is 0 Å². The minimum absolute atomic E-state index is 0.596. The van der Waals surface area contributed by atoms with E-state index in [4.69, 9.17) is 5.73 Å². The smallest absolute Gasteiger partial charge is 0.145 e. The van der Waals surface area contributed by atoms with Crippen LogP contribution in [0.4, 0.5) is 5.82 Å². The Hall–Kier alpha value is -1.03. The number of H-pyrrole nitrogens is 1. The summed E-state index contributed by atoms with van der Waals surface area (Å²) < 4.78 is 0. The van der Waals surface area contributed by atoms with Gasteiger partial charge in [0.25, 0.3) is 0 Å². The van der Waals surface area contributed by atoms with Gasteiger partial charge in [-0.15, -0.1) is 0 Å². The first kappa shape index (κ1) is 9.52. The van der Waals surface area contributed by atoms with Gasteiger partial charge in [0.15, 0.2) is 0 Å². The summed E-state index contributed by atoms with van der Waals surface area (Å²) in [6.45, 7) is 3.63. The topological polar surface area (TPSA) is 57.9 Å². The van der Waals surface area contributed by atoms with E-state index < -0.39 is 0 Å². The standard InChI is InChI=1S/C10H18N4/c11-10-8-9(12-13-10)4-7-14-5-2-1-3-6-14/h8H,1-7H2,(H3,11,12,13). The average molecular weight is 194 g/mol. The molecule has 14 heavy (non-hydrogen) atoms. The molecule has 0 spiro atoms. The summed E-state index contributed by atoms with van der Waals surface area (Å²) in [5, 5.41) is 6.86. The second-order valence-electron chi connectivity index (χ2n) is 3.97. The van der Waals surface area contributed by atoms with Crippen LogP contribution in [-0.2, 0) is 6.42 Å². The van der Waals surface area contributed by atoms with Crippen LogP contribution in [-0.4, -0.2) is 34.7 Å². The number of aromatic nitrogens is 2. The van der Waals surface area contributed by atoms with E-state index in [9.17, 15) is 0 Å². The summed E-state index contributed by atoms with van der Waals surface area (Å²) in [6.07, 6.45) is 5.13. The van der Waals surface area contributed by atoms with Gasteiger partial charge in [-0.25, -0.2) is 0 Å². The molecule has 4 heteroatoms. The molecule has 0 bridgehead atoms. The SMILES string of the molecule is Nc1cc(CCN2CCCCC2)[nH]n1. The van der Waals surface area contributed by atoms with Gasteiger partial charge in [-0.05, 0) is 25.9 Å². The molecule has 1 aromatic rings. The van der Waals surface area contributed by atoms with Crippen molar-refractivity contribution in [3.8, 4) is 0 Å². The van der Waals surface area contributed by atoms with Crippen molar-refractivity contribution in [2.24, 2.45) is 0 Å². The molecule has 2 heterocycles. The molecular weight excluding hydrogens is 176 g/mol. The van der Waals surface area contributed by atoms with Crippen molar-refractivity contribution in [2.45, 2.75) is 25.7 Å². The van der Waals surface area contributed by atoms with Gasteiger partial charge in [-0.1, -0.05) is 6.42 Å². The lowest BCUT2D eigenvalue weighted by Gasteiger charge is -2.25. The largest absolute Gasteiger partial charge is 0.382 e. The van der Waals surface area contributed by atoms with Gasteiger partial charge in [-0.3, -0.25) is 5.10 Å². The van der Waals surface area contributed by atoms with Crippen molar-refractivity contribution in [1.29, 1.82) is 0 Å². The first-order valence-electron chi connectivity index (χ1n) is 5.37. The Labute approximate surface area is 84.5 Å². The van der Waals surface area contributed by atoms with Crippen molar-refractivity contribution in [1.82, 2.24) is 15.1 Å². The molecule has 0 aromatic carbocycles. The molecule has 1 fully saturated rings. The Morgan fingerprint density at radius 2 is 2.14 bits per heavy atom. The number of aromatic amines is 1. The van der Waals surface area contributed by atoms with Crippen LogP contribution < -0.4 is 5.73 Å². The Kier molecular flexibility index (Phi) is 3.03. The third-order valence-corrected chi connectivity index (χ3v) is 2.80. The fourth-order valence-corrected chi connectivity index (χ4v) is 1.97. The van der Waals surface area contributed by atoms with E-state index >= 15 is 0 Å². The average Bonchev–Trinajstić information content (AvgIpc) is 2.63. The minimum atomic E-state index is 0.596. The maximum atomic E-state index is 5.53. The van der Waals surface area contributed by atoms with Crippen LogP contribution in [0, 0.1) is 0 Å². The highest BCUT2D eigenvalue weighted by molar-refractivity contribution is 5.28. The number of piperidine rings is 1. The van der Waals surface area contributed by atoms with Crippen LogP contribution in [0.25, 0.3) is 0 Å². The third kappa shape index (κ3) is 2.48. The van der Waals surface area contributed by atoms with Crippen LogP contribution in [0.1, 0.15) is 25.0 Å². The number of hydrogen-bond acceptors (Lipinski definition) is 3. The molecule has 0 unspecified atom stereocenters. The molecule has 0 atom stereocenters. The summed E-state index contributed by atoms with van der Waals surface area (Å²) in [4.78, 5) is 2.51. The number of nitrogen functional groups attached to an aromatic ring is 1. The second-order valence-corrected chi connectivity index (χ2v) is 3.97. The number of rotatable bonds is 3. The normalized spacial score (nSPS) is 18.6. The minimum Gasteiger partial charge on any atom is -0.382 e. The zero-order valence-electron chi connectivity index (χ0n) is 8.50. The number of nitrogens with one attached hydrogen (secondary N) is 1. The molecule has 1 saturated heterocycles. The maximum absolute atomic E-state index is 5.53. The zero-order valence-corrected chi connectivity index (χ0v) is 8.50. The fraction of sp³-hybridized carbons (Fsp3) is 0.700. The van der Waals surface area contributed by atoms with Crippen LogP contribution in [0.2, 0.25) is 0 Å². The van der Waals surface area contributed by atoms with Gasteiger partial charge in [0.05, 0.1) is 0 Å². The lowest BCUT2D eigenvalue weighted by Crippen LogP contribution is -2.31. The molecule has 0 aliphatic carbocycles. The van der Waals surface area contributed by atoms with Crippen molar-refractivity contribution in [3.63, 3.8) is 0 Å². The van der Waals surface area contributed by atoms with Gasteiger partial charge in [0.1, 0.15) is 5.82 Å². The number of nitrogens with two attached hydrogens (primary N) is 1. The van der Waals surface area contributed by atoms with Crippen LogP contribution in [0.15, 0.2) is 6.07 Å². The number of nitrogens with zero attached hydrogens (tertiary/aromatic N) is 2. The van der Waals surface area contributed by atoms with Crippen LogP contribution >= 0.6 is 0 Å². The number of anilines is 1. The summed E-state index contributed by atoms with van der Waals surface area (Å²) in [7, 11) is 0. The molecule has 0 amide bonds. The Bertz CT molecular complexity index is 275. The molecule has 1 aliphatic rings. The number of likely N-dealkylation sites (tertiary alicyclic amines) is 1. The quantitative estimate of drug-likeness (QED) is 0.755. The van der Waals surface area contributed by atoms with E-state index in [2.05, 4.69) is 15.1 Å². The summed E-state index contributed by atoms with van der Waals surface area (Å²) in [5.41, 5.74) is 6.68. The monoisotopic (exact) mass is 194 g/mol. The molecule has 3 N–H and O–H groups in total. The third-order valence-electron chi connectivity index (χ3n) is 2.80. The molecule has 1 aromatic heterocycles. The Balaban J connectivity index is 1.76. The van der Waals surface area contributed by atoms with Gasteiger partial charge >= 0.3 is 0 Å². The van der Waals surface area contributed by atoms with E-state index in [0.29, 0.717) is 5.82 Å². The summed E-state index contributed by atoms with van der Waals surface area (Å²) in [5.74, 6) is 0.596. The van der Waals surface area contributed by atoms with Crippen LogP contribution in [0.3, 0.4) is 0 Å². The van der Waals surface area contributed by atoms with Crippen molar-refractivity contribution in [2.75, 3.05) is 25.4 Å². The predicted octanol–water partition coefficient (Wildman–Crippen LogP) is 1.02. The highest BCUT2D eigenvalue weighted by Gasteiger charge is 2.09. The molecule has 1 aliphatic heterocycles. The second kappa shape index (κ2) is 4.46. The maximum Gasteiger partial charge on any atom is 0.145 e. The molecule has 0 radical (unpaired) electrons. The zero-order chi connectivity index (χ0) is 9.80. The van der Waals surface area contributed by atoms with Gasteiger partial charge in [0, 0.05) is 24.7 Å². The van der Waals surface area contributed by atoms with Crippen molar-refractivity contribution >= 4 is 5.82 Å².